The topological polar surface area (TPSA) is 66.0 Å². The van der Waals surface area contributed by atoms with Gasteiger partial charge in [-0.05, 0) is 71.0 Å². The Bertz CT molecular complexity index is 744. The lowest BCUT2D eigenvalue weighted by Gasteiger charge is -2.17. The van der Waals surface area contributed by atoms with Crippen LogP contribution in [0.2, 0.25) is 0 Å². The van der Waals surface area contributed by atoms with Crippen molar-refractivity contribution in [2.75, 3.05) is 25.1 Å². The van der Waals surface area contributed by atoms with Crippen LogP contribution >= 0.6 is 0 Å². The summed E-state index contributed by atoms with van der Waals surface area (Å²) in [7, 11) is 0. The number of hydrogen-bond acceptors (Lipinski definition) is 5. The molecule has 1 N–H and O–H groups in total. The molecule has 6 heteroatoms. The highest BCUT2D eigenvalue weighted by molar-refractivity contribution is 6.05. The van der Waals surface area contributed by atoms with Crippen LogP contribution in [0.4, 0.5) is 5.69 Å². The van der Waals surface area contributed by atoms with Gasteiger partial charge in [0.25, 0.3) is 5.91 Å². The lowest BCUT2D eigenvalue weighted by atomic mass is 10.1. The van der Waals surface area contributed by atoms with Crippen molar-refractivity contribution in [3.8, 4) is 23.0 Å². The number of ether oxygens (including phenoxy) is 4. The largest absolute Gasteiger partial charge is 0.491 e. The highest BCUT2D eigenvalue weighted by Gasteiger charge is 2.18. The predicted molar refractivity (Wildman–Crippen MR) is 110 cm³/mol. The molecule has 0 fully saturated rings. The first-order valence-corrected chi connectivity index (χ1v) is 9.62. The first kappa shape index (κ1) is 21.4. The van der Waals surface area contributed by atoms with Crippen LogP contribution in [-0.2, 0) is 0 Å². The summed E-state index contributed by atoms with van der Waals surface area (Å²) in [5, 5.41) is 2.88. The smallest absolute Gasteiger partial charge is 0.255 e. The van der Waals surface area contributed by atoms with Gasteiger partial charge in [-0.2, -0.15) is 0 Å². The van der Waals surface area contributed by atoms with E-state index in [1.165, 1.54) is 0 Å². The summed E-state index contributed by atoms with van der Waals surface area (Å²) in [6.45, 7) is 10.9. The van der Waals surface area contributed by atoms with Crippen molar-refractivity contribution in [2.45, 2.75) is 40.7 Å². The summed E-state index contributed by atoms with van der Waals surface area (Å²) in [5.74, 6) is 1.98. The maximum absolute atomic E-state index is 12.8. The van der Waals surface area contributed by atoms with E-state index < -0.39 is 0 Å². The molecule has 152 valence electrons. The standard InChI is InChI=1S/C22H29NO5/c1-6-25-19-13-16(14-20(26-7-2)21(19)27-8-3)22(24)23-17-9-11-18(12-10-17)28-15(4)5/h9-15H,6-8H2,1-5H3,(H,23,24). The molecule has 2 rings (SSSR count). The van der Waals surface area contributed by atoms with Gasteiger partial charge in [-0.15, -0.1) is 0 Å². The molecule has 0 aliphatic carbocycles. The molecule has 6 nitrogen and oxygen atoms in total. The monoisotopic (exact) mass is 387 g/mol. The number of amides is 1. The summed E-state index contributed by atoms with van der Waals surface area (Å²) in [4.78, 5) is 12.8. The number of rotatable bonds is 10. The van der Waals surface area contributed by atoms with Gasteiger partial charge in [0.15, 0.2) is 11.5 Å². The van der Waals surface area contributed by atoms with E-state index in [1.54, 1.807) is 24.3 Å². The van der Waals surface area contributed by atoms with Crippen molar-refractivity contribution >= 4 is 11.6 Å². The number of benzene rings is 2. The number of hydrogen-bond donors (Lipinski definition) is 1. The Balaban J connectivity index is 2.25. The molecule has 0 bridgehead atoms. The van der Waals surface area contributed by atoms with E-state index in [0.717, 1.165) is 5.75 Å². The molecule has 0 spiro atoms. The van der Waals surface area contributed by atoms with Crippen LogP contribution in [-0.4, -0.2) is 31.8 Å². The van der Waals surface area contributed by atoms with Gasteiger partial charge in [-0.3, -0.25) is 4.79 Å². The molecule has 1 amide bonds. The molecular formula is C22H29NO5. The van der Waals surface area contributed by atoms with E-state index in [0.29, 0.717) is 48.3 Å². The molecule has 0 heterocycles. The minimum absolute atomic E-state index is 0.0956. The predicted octanol–water partition coefficient (Wildman–Crippen LogP) is 4.92. The van der Waals surface area contributed by atoms with E-state index in [2.05, 4.69) is 5.32 Å². The van der Waals surface area contributed by atoms with E-state index >= 15 is 0 Å². The van der Waals surface area contributed by atoms with Crippen molar-refractivity contribution in [3.05, 3.63) is 42.0 Å². The van der Waals surface area contributed by atoms with Crippen molar-refractivity contribution in [1.82, 2.24) is 0 Å². The SMILES string of the molecule is CCOc1cc(C(=O)Nc2ccc(OC(C)C)cc2)cc(OCC)c1OCC. The first-order valence-electron chi connectivity index (χ1n) is 9.62. The average Bonchev–Trinajstić information content (AvgIpc) is 2.65. The zero-order chi connectivity index (χ0) is 20.5. The van der Waals surface area contributed by atoms with Crippen molar-refractivity contribution in [1.29, 1.82) is 0 Å². The van der Waals surface area contributed by atoms with Crippen LogP contribution in [0.1, 0.15) is 45.0 Å². The van der Waals surface area contributed by atoms with Gasteiger partial charge in [-0.1, -0.05) is 0 Å². The lowest BCUT2D eigenvalue weighted by molar-refractivity contribution is 0.102. The molecule has 2 aromatic carbocycles. The van der Waals surface area contributed by atoms with Gasteiger partial charge >= 0.3 is 0 Å². The van der Waals surface area contributed by atoms with Crippen LogP contribution in [0.25, 0.3) is 0 Å². The fraction of sp³-hybridized carbons (Fsp3) is 0.409. The minimum Gasteiger partial charge on any atom is -0.491 e. The van der Waals surface area contributed by atoms with E-state index in [-0.39, 0.29) is 12.0 Å². The van der Waals surface area contributed by atoms with Gasteiger partial charge in [0.1, 0.15) is 5.75 Å². The number of nitrogens with one attached hydrogen (secondary N) is 1. The number of carbonyl (C=O) groups is 1. The zero-order valence-corrected chi connectivity index (χ0v) is 17.2. The molecule has 0 saturated carbocycles. The van der Waals surface area contributed by atoms with Crippen LogP contribution in [0, 0.1) is 0 Å². The van der Waals surface area contributed by atoms with E-state index in [4.69, 9.17) is 18.9 Å². The summed E-state index contributed by atoms with van der Waals surface area (Å²) in [5.41, 5.74) is 1.10. The van der Waals surface area contributed by atoms with Crippen molar-refractivity contribution < 1.29 is 23.7 Å². The molecule has 0 atom stereocenters. The Morgan fingerprint density at radius 3 is 1.89 bits per heavy atom. The molecule has 28 heavy (non-hydrogen) atoms. The molecule has 0 unspecified atom stereocenters. The van der Waals surface area contributed by atoms with E-state index in [9.17, 15) is 4.79 Å². The molecule has 0 aromatic heterocycles. The second kappa shape index (κ2) is 10.4. The van der Waals surface area contributed by atoms with Crippen LogP contribution in [0.3, 0.4) is 0 Å². The fourth-order valence-corrected chi connectivity index (χ4v) is 2.61. The van der Waals surface area contributed by atoms with Crippen molar-refractivity contribution in [3.63, 3.8) is 0 Å². The van der Waals surface area contributed by atoms with Gasteiger partial charge < -0.3 is 24.3 Å². The third kappa shape index (κ3) is 5.81. The van der Waals surface area contributed by atoms with Crippen LogP contribution in [0.15, 0.2) is 36.4 Å². The maximum Gasteiger partial charge on any atom is 0.255 e. The summed E-state index contributed by atoms with van der Waals surface area (Å²) >= 11 is 0. The fourth-order valence-electron chi connectivity index (χ4n) is 2.61. The van der Waals surface area contributed by atoms with Crippen LogP contribution in [0.5, 0.6) is 23.0 Å². The Labute approximate surface area is 166 Å². The lowest BCUT2D eigenvalue weighted by Crippen LogP contribution is -2.13. The van der Waals surface area contributed by atoms with Crippen LogP contribution < -0.4 is 24.3 Å². The quantitative estimate of drug-likeness (QED) is 0.627. The second-order valence-corrected chi connectivity index (χ2v) is 6.25. The molecule has 2 aromatic rings. The Hall–Kier alpha value is -2.89. The summed E-state index contributed by atoms with van der Waals surface area (Å²) in [6, 6.07) is 10.6. The Morgan fingerprint density at radius 2 is 1.43 bits per heavy atom. The first-order chi connectivity index (χ1) is 13.5. The normalized spacial score (nSPS) is 10.5. The zero-order valence-electron chi connectivity index (χ0n) is 17.2. The molecule has 0 radical (unpaired) electrons. The number of carbonyl (C=O) groups excluding carboxylic acids is 1. The second-order valence-electron chi connectivity index (χ2n) is 6.25. The third-order valence-corrected chi connectivity index (χ3v) is 3.66. The third-order valence-electron chi connectivity index (χ3n) is 3.66. The van der Waals surface area contributed by atoms with Gasteiger partial charge in [0, 0.05) is 11.3 Å². The highest BCUT2D eigenvalue weighted by atomic mass is 16.5. The summed E-state index contributed by atoms with van der Waals surface area (Å²) in [6.07, 6.45) is 0.0956. The Kier molecular flexibility index (Phi) is 7.99. The molecule has 0 saturated heterocycles. The highest BCUT2D eigenvalue weighted by Crippen LogP contribution is 2.39. The summed E-state index contributed by atoms with van der Waals surface area (Å²) < 4.78 is 22.6. The van der Waals surface area contributed by atoms with E-state index in [1.807, 2.05) is 46.8 Å². The van der Waals surface area contributed by atoms with Gasteiger partial charge in [0.2, 0.25) is 5.75 Å². The minimum atomic E-state index is -0.262. The van der Waals surface area contributed by atoms with Gasteiger partial charge in [-0.25, -0.2) is 0 Å². The number of anilines is 1. The average molecular weight is 387 g/mol. The molecular weight excluding hydrogens is 358 g/mol. The maximum atomic E-state index is 12.8. The Morgan fingerprint density at radius 1 is 0.893 bits per heavy atom. The molecule has 0 aliphatic rings. The van der Waals surface area contributed by atoms with Gasteiger partial charge in [0.05, 0.1) is 25.9 Å². The molecule has 0 aliphatic heterocycles. The van der Waals surface area contributed by atoms with Crippen molar-refractivity contribution in [2.24, 2.45) is 0 Å².